The number of hydrogen-bond acceptors (Lipinski definition) is 5. The zero-order valence-electron chi connectivity index (χ0n) is 17.5. The van der Waals surface area contributed by atoms with E-state index in [-0.39, 0.29) is 19.1 Å². The number of esters is 1. The quantitative estimate of drug-likeness (QED) is 0.475. The van der Waals surface area contributed by atoms with E-state index in [4.69, 9.17) is 14.2 Å². The Morgan fingerprint density at radius 1 is 1.03 bits per heavy atom. The van der Waals surface area contributed by atoms with E-state index in [0.29, 0.717) is 36.1 Å². The van der Waals surface area contributed by atoms with Crippen molar-refractivity contribution in [3.05, 3.63) is 59.2 Å². The number of rotatable bonds is 10. The minimum Gasteiger partial charge on any atom is -0.484 e. The molecule has 0 saturated heterocycles. The van der Waals surface area contributed by atoms with Crippen molar-refractivity contribution in [3.8, 4) is 5.75 Å². The number of benzene rings is 2. The standard InChI is InChI=1S/C23H29NO5/c1-5-27-12-13-28-23(26)18-6-8-19(9-7-18)24-22(25)15-29-20-10-11-21(16(2)3)17(4)14-20/h6-11,14,16H,5,12-13,15H2,1-4H3,(H,24,25). The van der Waals surface area contributed by atoms with E-state index < -0.39 is 5.97 Å². The maximum Gasteiger partial charge on any atom is 0.338 e. The van der Waals surface area contributed by atoms with Crippen molar-refractivity contribution in [3.63, 3.8) is 0 Å². The van der Waals surface area contributed by atoms with Gasteiger partial charge >= 0.3 is 5.97 Å². The van der Waals surface area contributed by atoms with Crippen LogP contribution < -0.4 is 10.1 Å². The first-order valence-corrected chi connectivity index (χ1v) is 9.78. The second kappa shape index (κ2) is 11.2. The molecule has 0 aromatic heterocycles. The molecule has 0 radical (unpaired) electrons. The molecular weight excluding hydrogens is 370 g/mol. The molecule has 0 aliphatic carbocycles. The van der Waals surface area contributed by atoms with Crippen LogP contribution in [0.2, 0.25) is 0 Å². The topological polar surface area (TPSA) is 73.9 Å². The summed E-state index contributed by atoms with van der Waals surface area (Å²) in [6.07, 6.45) is 0. The summed E-state index contributed by atoms with van der Waals surface area (Å²) in [6.45, 7) is 9.26. The highest BCUT2D eigenvalue weighted by Gasteiger charge is 2.09. The molecule has 0 atom stereocenters. The van der Waals surface area contributed by atoms with Crippen LogP contribution in [0.15, 0.2) is 42.5 Å². The van der Waals surface area contributed by atoms with E-state index in [1.54, 1.807) is 24.3 Å². The summed E-state index contributed by atoms with van der Waals surface area (Å²) in [5.74, 6) is 0.401. The monoisotopic (exact) mass is 399 g/mol. The summed E-state index contributed by atoms with van der Waals surface area (Å²) in [4.78, 5) is 24.0. The van der Waals surface area contributed by atoms with Crippen molar-refractivity contribution in [1.29, 1.82) is 0 Å². The Kier molecular flexibility index (Phi) is 8.68. The lowest BCUT2D eigenvalue weighted by Crippen LogP contribution is -2.20. The summed E-state index contributed by atoms with van der Waals surface area (Å²) < 4.78 is 15.8. The Morgan fingerprint density at radius 2 is 1.76 bits per heavy atom. The van der Waals surface area contributed by atoms with Gasteiger partial charge in [-0.3, -0.25) is 4.79 Å². The van der Waals surface area contributed by atoms with E-state index in [1.165, 1.54) is 5.56 Å². The number of carbonyl (C=O) groups excluding carboxylic acids is 2. The number of hydrogen-bond donors (Lipinski definition) is 1. The van der Waals surface area contributed by atoms with Crippen LogP contribution in [-0.4, -0.2) is 38.3 Å². The van der Waals surface area contributed by atoms with Crippen LogP contribution in [0.4, 0.5) is 5.69 Å². The summed E-state index contributed by atoms with van der Waals surface area (Å²) >= 11 is 0. The second-order valence-electron chi connectivity index (χ2n) is 6.92. The number of carbonyl (C=O) groups is 2. The molecule has 0 fully saturated rings. The highest BCUT2D eigenvalue weighted by molar-refractivity contribution is 5.93. The third kappa shape index (κ3) is 7.23. The van der Waals surface area contributed by atoms with E-state index in [2.05, 4.69) is 19.2 Å². The van der Waals surface area contributed by atoms with Gasteiger partial charge in [-0.25, -0.2) is 4.79 Å². The predicted octanol–water partition coefficient (Wildman–Crippen LogP) is 4.33. The molecule has 2 aromatic carbocycles. The average Bonchev–Trinajstić information content (AvgIpc) is 2.70. The van der Waals surface area contributed by atoms with Gasteiger partial charge in [0.15, 0.2) is 6.61 Å². The molecule has 0 saturated carbocycles. The van der Waals surface area contributed by atoms with Gasteiger partial charge in [-0.2, -0.15) is 0 Å². The van der Waals surface area contributed by atoms with Crippen LogP contribution in [0.25, 0.3) is 0 Å². The Labute approximate surface area is 172 Å². The van der Waals surface area contributed by atoms with Gasteiger partial charge in [0.1, 0.15) is 12.4 Å². The number of anilines is 1. The molecule has 0 unspecified atom stereocenters. The molecule has 1 amide bonds. The van der Waals surface area contributed by atoms with Gasteiger partial charge < -0.3 is 19.5 Å². The van der Waals surface area contributed by atoms with Crippen LogP contribution in [-0.2, 0) is 14.3 Å². The van der Waals surface area contributed by atoms with Gasteiger partial charge in [0.05, 0.1) is 12.2 Å². The number of aryl methyl sites for hydroxylation is 1. The van der Waals surface area contributed by atoms with Crippen molar-refractivity contribution in [2.45, 2.75) is 33.6 Å². The third-order valence-corrected chi connectivity index (χ3v) is 4.30. The highest BCUT2D eigenvalue weighted by atomic mass is 16.6. The first kappa shape index (κ1) is 22.4. The van der Waals surface area contributed by atoms with Crippen LogP contribution >= 0.6 is 0 Å². The summed E-state index contributed by atoms with van der Waals surface area (Å²) in [5, 5.41) is 2.75. The second-order valence-corrected chi connectivity index (χ2v) is 6.92. The minimum absolute atomic E-state index is 0.0955. The minimum atomic E-state index is -0.425. The van der Waals surface area contributed by atoms with Crippen molar-refractivity contribution in [2.24, 2.45) is 0 Å². The molecule has 6 nitrogen and oxygen atoms in total. The summed E-state index contributed by atoms with van der Waals surface area (Å²) in [5.41, 5.74) is 3.40. The molecular formula is C23H29NO5. The van der Waals surface area contributed by atoms with Gasteiger partial charge in [-0.05, 0) is 67.3 Å². The fourth-order valence-corrected chi connectivity index (χ4v) is 2.84. The van der Waals surface area contributed by atoms with Gasteiger partial charge in [0.2, 0.25) is 0 Å². The van der Waals surface area contributed by atoms with Gasteiger partial charge in [0.25, 0.3) is 5.91 Å². The highest BCUT2D eigenvalue weighted by Crippen LogP contribution is 2.23. The smallest absolute Gasteiger partial charge is 0.338 e. The van der Waals surface area contributed by atoms with E-state index in [9.17, 15) is 9.59 Å². The zero-order chi connectivity index (χ0) is 21.2. The molecule has 6 heteroatoms. The largest absolute Gasteiger partial charge is 0.484 e. The van der Waals surface area contributed by atoms with Crippen LogP contribution in [0.5, 0.6) is 5.75 Å². The van der Waals surface area contributed by atoms with Crippen molar-refractivity contribution in [1.82, 2.24) is 0 Å². The SMILES string of the molecule is CCOCCOC(=O)c1ccc(NC(=O)COc2ccc(C(C)C)c(C)c2)cc1. The summed E-state index contributed by atoms with van der Waals surface area (Å²) in [6, 6.07) is 12.4. The van der Waals surface area contributed by atoms with Gasteiger partial charge in [-0.1, -0.05) is 19.9 Å². The molecule has 156 valence electrons. The molecule has 29 heavy (non-hydrogen) atoms. The maximum absolute atomic E-state index is 12.1. The van der Waals surface area contributed by atoms with Crippen LogP contribution in [0.1, 0.15) is 48.2 Å². The first-order chi connectivity index (χ1) is 13.9. The Morgan fingerprint density at radius 3 is 2.38 bits per heavy atom. The van der Waals surface area contributed by atoms with E-state index in [1.807, 2.05) is 32.0 Å². The Balaban J connectivity index is 1.81. The predicted molar refractivity (Wildman–Crippen MR) is 113 cm³/mol. The molecule has 0 spiro atoms. The molecule has 2 aromatic rings. The maximum atomic E-state index is 12.1. The molecule has 0 bridgehead atoms. The molecule has 0 heterocycles. The van der Waals surface area contributed by atoms with Gasteiger partial charge in [0, 0.05) is 12.3 Å². The van der Waals surface area contributed by atoms with Crippen LogP contribution in [0, 0.1) is 6.92 Å². The van der Waals surface area contributed by atoms with Gasteiger partial charge in [-0.15, -0.1) is 0 Å². The van der Waals surface area contributed by atoms with Crippen molar-refractivity contribution >= 4 is 17.6 Å². The van der Waals surface area contributed by atoms with E-state index in [0.717, 1.165) is 5.56 Å². The third-order valence-electron chi connectivity index (χ3n) is 4.30. The number of amides is 1. The molecule has 1 N–H and O–H groups in total. The zero-order valence-corrected chi connectivity index (χ0v) is 17.5. The lowest BCUT2D eigenvalue weighted by atomic mass is 9.98. The normalized spacial score (nSPS) is 10.7. The summed E-state index contributed by atoms with van der Waals surface area (Å²) in [7, 11) is 0. The lowest BCUT2D eigenvalue weighted by molar-refractivity contribution is -0.118. The Bertz CT molecular complexity index is 815. The molecule has 2 rings (SSSR count). The first-order valence-electron chi connectivity index (χ1n) is 9.78. The van der Waals surface area contributed by atoms with Crippen LogP contribution in [0.3, 0.4) is 0 Å². The average molecular weight is 399 g/mol. The Hall–Kier alpha value is -2.86. The fraction of sp³-hybridized carbons (Fsp3) is 0.391. The molecule has 0 aliphatic heterocycles. The molecule has 0 aliphatic rings. The number of nitrogens with one attached hydrogen (secondary N) is 1. The number of ether oxygens (including phenoxy) is 3. The van der Waals surface area contributed by atoms with Crippen molar-refractivity contribution in [2.75, 3.05) is 31.7 Å². The fourth-order valence-electron chi connectivity index (χ4n) is 2.84. The van der Waals surface area contributed by atoms with E-state index >= 15 is 0 Å². The van der Waals surface area contributed by atoms with Crippen molar-refractivity contribution < 1.29 is 23.8 Å². The lowest BCUT2D eigenvalue weighted by Gasteiger charge is -2.12.